The second-order valence-electron chi connectivity index (χ2n) is 13.1. The minimum atomic E-state index is 0.185. The van der Waals surface area contributed by atoms with Crippen molar-refractivity contribution in [3.8, 4) is 0 Å². The molecule has 0 radical (unpaired) electrons. The quantitative estimate of drug-likeness (QED) is 0.206. The summed E-state index contributed by atoms with van der Waals surface area (Å²) in [5, 5.41) is 0. The molecule has 0 saturated heterocycles. The van der Waals surface area contributed by atoms with Gasteiger partial charge in [0, 0.05) is 11.4 Å². The van der Waals surface area contributed by atoms with Gasteiger partial charge in [-0.05, 0) is 117 Å². The minimum absolute atomic E-state index is 0.185. The summed E-state index contributed by atoms with van der Waals surface area (Å²) in [5.41, 5.74) is 19.0. The van der Waals surface area contributed by atoms with E-state index in [1.54, 1.807) is 0 Å². The van der Waals surface area contributed by atoms with Crippen LogP contribution in [-0.4, -0.2) is 6.71 Å². The number of aryl methyl sites for hydroxylation is 3. The van der Waals surface area contributed by atoms with Crippen molar-refractivity contribution in [1.82, 2.24) is 0 Å². The number of para-hydroxylation sites is 3. The van der Waals surface area contributed by atoms with Crippen molar-refractivity contribution in [2.45, 2.75) is 58.3 Å². The molecule has 2 nitrogen and oxygen atoms in total. The van der Waals surface area contributed by atoms with Gasteiger partial charge in [-0.2, -0.15) is 0 Å². The molecule has 2 aliphatic heterocycles. The first-order chi connectivity index (χ1) is 20.6. The van der Waals surface area contributed by atoms with E-state index in [2.05, 4.69) is 128 Å². The summed E-state index contributed by atoms with van der Waals surface area (Å²) in [6.45, 7) is 7.02. The Morgan fingerprint density at radius 1 is 0.548 bits per heavy atom. The van der Waals surface area contributed by atoms with E-state index >= 15 is 0 Å². The first-order valence-electron chi connectivity index (χ1n) is 15.7. The Balaban J connectivity index is 1.35. The Hall–Kier alpha value is -4.24. The predicted molar refractivity (Wildman–Crippen MR) is 179 cm³/mol. The molecule has 204 valence electrons. The molecule has 2 heterocycles. The van der Waals surface area contributed by atoms with Crippen molar-refractivity contribution >= 4 is 57.2 Å². The molecule has 2 fully saturated rings. The molecule has 0 amide bonds. The monoisotopic (exact) mass is 542 g/mol. The van der Waals surface area contributed by atoms with Crippen molar-refractivity contribution in [3.05, 3.63) is 125 Å². The van der Waals surface area contributed by atoms with Gasteiger partial charge in [-0.3, -0.25) is 0 Å². The number of anilines is 6. The van der Waals surface area contributed by atoms with E-state index < -0.39 is 0 Å². The minimum Gasteiger partial charge on any atom is -0.307 e. The zero-order valence-electron chi connectivity index (χ0n) is 24.7. The normalized spacial score (nSPS) is 16.7. The van der Waals surface area contributed by atoms with Gasteiger partial charge in [0.15, 0.2) is 0 Å². The van der Waals surface area contributed by atoms with Gasteiger partial charge >= 0.3 is 0 Å². The molecular formula is C39H35BN2. The van der Waals surface area contributed by atoms with Crippen LogP contribution in [0.5, 0.6) is 0 Å². The van der Waals surface area contributed by atoms with Gasteiger partial charge in [0.1, 0.15) is 0 Å². The smallest absolute Gasteiger partial charge is 0.247 e. The lowest BCUT2D eigenvalue weighted by molar-refractivity contribution is 1.11. The number of hydrogen-bond acceptors (Lipinski definition) is 2. The average molecular weight is 543 g/mol. The summed E-state index contributed by atoms with van der Waals surface area (Å²) in [7, 11) is 0. The van der Waals surface area contributed by atoms with Crippen molar-refractivity contribution < 1.29 is 0 Å². The fourth-order valence-electron chi connectivity index (χ4n) is 7.96. The molecule has 5 aromatic carbocycles. The third-order valence-electron chi connectivity index (χ3n) is 10.0. The number of benzene rings is 5. The number of nitrogens with zero attached hydrogens (tertiary/aromatic N) is 2. The summed E-state index contributed by atoms with van der Waals surface area (Å²) in [4.78, 5) is 5.12. The van der Waals surface area contributed by atoms with E-state index in [0.29, 0.717) is 5.92 Å². The molecular weight excluding hydrogens is 507 g/mol. The van der Waals surface area contributed by atoms with Gasteiger partial charge in [-0.25, -0.2) is 0 Å². The van der Waals surface area contributed by atoms with Crippen LogP contribution in [0, 0.1) is 20.8 Å². The Morgan fingerprint density at radius 2 is 1.19 bits per heavy atom. The number of rotatable bonds is 4. The number of fused-ring (bicyclic) bond motifs is 4. The lowest BCUT2D eigenvalue weighted by Gasteiger charge is -2.46. The Morgan fingerprint density at radius 3 is 1.90 bits per heavy atom. The topological polar surface area (TPSA) is 6.48 Å². The van der Waals surface area contributed by atoms with Gasteiger partial charge < -0.3 is 9.80 Å². The summed E-state index contributed by atoms with van der Waals surface area (Å²) in [6.07, 6.45) is 5.24. The summed E-state index contributed by atoms with van der Waals surface area (Å²) < 4.78 is 0. The Kier molecular flexibility index (Phi) is 5.15. The molecule has 3 heteroatoms. The SMILES string of the molecule is Cc1cc(C)c(B2c3ccc(C4CC4)cc3N3c4ccccc4N(c4cccc(C5CC5)c4)c4cccc2c43)c(C)c1. The fraction of sp³-hybridized carbons (Fsp3) is 0.231. The second-order valence-corrected chi connectivity index (χ2v) is 13.1. The van der Waals surface area contributed by atoms with Crippen molar-refractivity contribution in [2.24, 2.45) is 0 Å². The molecule has 0 N–H and O–H groups in total. The number of hydrogen-bond donors (Lipinski definition) is 0. The van der Waals surface area contributed by atoms with Crippen LogP contribution in [0.4, 0.5) is 34.1 Å². The van der Waals surface area contributed by atoms with Crippen LogP contribution >= 0.6 is 0 Å². The van der Waals surface area contributed by atoms with Crippen LogP contribution in [-0.2, 0) is 0 Å². The lowest BCUT2D eigenvalue weighted by atomic mass is 9.33. The van der Waals surface area contributed by atoms with Crippen LogP contribution in [0.1, 0.15) is 65.3 Å². The maximum absolute atomic E-state index is 2.60. The molecule has 2 aliphatic carbocycles. The van der Waals surface area contributed by atoms with Crippen LogP contribution < -0.4 is 26.2 Å². The van der Waals surface area contributed by atoms with Gasteiger partial charge in [-0.1, -0.05) is 82.8 Å². The van der Waals surface area contributed by atoms with Gasteiger partial charge in [0.2, 0.25) is 6.71 Å². The molecule has 42 heavy (non-hydrogen) atoms. The average Bonchev–Trinajstić information content (AvgIpc) is 3.91. The first kappa shape index (κ1) is 24.4. The van der Waals surface area contributed by atoms with E-state index in [4.69, 9.17) is 0 Å². The molecule has 4 aliphatic rings. The molecule has 2 saturated carbocycles. The van der Waals surface area contributed by atoms with Gasteiger partial charge in [0.25, 0.3) is 0 Å². The summed E-state index contributed by atoms with van der Waals surface area (Å²) in [6, 6.07) is 37.5. The van der Waals surface area contributed by atoms with E-state index in [1.807, 2.05) is 0 Å². The van der Waals surface area contributed by atoms with Crippen LogP contribution in [0.3, 0.4) is 0 Å². The Bertz CT molecular complexity index is 1890. The second kappa shape index (κ2) is 8.88. The van der Waals surface area contributed by atoms with Crippen LogP contribution in [0.15, 0.2) is 97.1 Å². The van der Waals surface area contributed by atoms with Crippen LogP contribution in [0.25, 0.3) is 0 Å². The molecule has 5 aromatic rings. The fourth-order valence-corrected chi connectivity index (χ4v) is 7.96. The highest BCUT2D eigenvalue weighted by Gasteiger charge is 2.43. The molecule has 0 atom stereocenters. The third-order valence-corrected chi connectivity index (χ3v) is 10.0. The molecule has 0 aromatic heterocycles. The van der Waals surface area contributed by atoms with E-state index in [9.17, 15) is 0 Å². The zero-order valence-corrected chi connectivity index (χ0v) is 24.7. The maximum Gasteiger partial charge on any atom is 0.247 e. The van der Waals surface area contributed by atoms with Crippen molar-refractivity contribution in [3.63, 3.8) is 0 Å². The van der Waals surface area contributed by atoms with Gasteiger partial charge in [0.05, 0.1) is 22.7 Å². The summed E-state index contributed by atoms with van der Waals surface area (Å²) >= 11 is 0. The van der Waals surface area contributed by atoms with Gasteiger partial charge in [-0.15, -0.1) is 0 Å². The maximum atomic E-state index is 2.60. The molecule has 0 spiro atoms. The highest BCUT2D eigenvalue weighted by atomic mass is 15.3. The van der Waals surface area contributed by atoms with Crippen LogP contribution in [0.2, 0.25) is 0 Å². The third kappa shape index (κ3) is 3.59. The van der Waals surface area contributed by atoms with Crippen molar-refractivity contribution in [2.75, 3.05) is 9.80 Å². The first-order valence-corrected chi connectivity index (χ1v) is 15.7. The standard InChI is InChI=1S/C39H35BN2/c1-24-20-25(2)38(26(3)21-24)40-32-19-18-30(28-16-17-28)23-37(32)42-35-12-5-4-11-34(35)41(36-13-7-10-33(40)39(36)42)31-9-6-8-29(22-31)27-14-15-27/h4-13,18-23,27-28H,14-17H2,1-3H3. The summed E-state index contributed by atoms with van der Waals surface area (Å²) in [5.74, 6) is 1.42. The molecule has 0 bridgehead atoms. The van der Waals surface area contributed by atoms with E-state index in [0.717, 1.165) is 5.92 Å². The lowest BCUT2D eigenvalue weighted by Crippen LogP contribution is -2.59. The molecule has 0 unspecified atom stereocenters. The largest absolute Gasteiger partial charge is 0.307 e. The zero-order chi connectivity index (χ0) is 28.1. The molecule has 9 rings (SSSR count). The van der Waals surface area contributed by atoms with E-state index in [-0.39, 0.29) is 6.71 Å². The Labute approximate surface area is 249 Å². The highest BCUT2D eigenvalue weighted by molar-refractivity contribution is 6.98. The van der Waals surface area contributed by atoms with E-state index in [1.165, 1.54) is 104 Å². The predicted octanol–water partition coefficient (Wildman–Crippen LogP) is 8.45. The van der Waals surface area contributed by atoms with Crippen molar-refractivity contribution in [1.29, 1.82) is 0 Å². The highest BCUT2D eigenvalue weighted by Crippen LogP contribution is 2.55.